The molecule has 1 rings (SSSR count). The molecule has 2 unspecified atom stereocenters. The number of hydrogen-bond donors (Lipinski definition) is 2. The first-order valence-corrected chi connectivity index (χ1v) is 7.39. The van der Waals surface area contributed by atoms with Crippen LogP contribution in [0.5, 0.6) is 0 Å². The molecule has 0 aromatic rings. The van der Waals surface area contributed by atoms with Crippen LogP contribution in [-0.2, 0) is 9.59 Å². The summed E-state index contributed by atoms with van der Waals surface area (Å²) in [5.41, 5.74) is 0. The third-order valence-corrected chi connectivity index (χ3v) is 4.03. The topological polar surface area (TPSA) is 66.4 Å². The summed E-state index contributed by atoms with van der Waals surface area (Å²) in [6.07, 6.45) is 4.21. The monoisotopic (exact) mass is 269 g/mol. The largest absolute Gasteiger partial charge is 0.481 e. The van der Waals surface area contributed by atoms with Gasteiger partial charge in [0, 0.05) is 18.9 Å². The molecular formula is C15H27NO3. The van der Waals surface area contributed by atoms with Crippen LogP contribution in [0.1, 0.15) is 52.9 Å². The Hall–Kier alpha value is -1.06. The first kappa shape index (κ1) is 16.0. The Morgan fingerprint density at radius 1 is 1.32 bits per heavy atom. The van der Waals surface area contributed by atoms with E-state index in [1.165, 1.54) is 0 Å². The van der Waals surface area contributed by atoms with Gasteiger partial charge >= 0.3 is 5.97 Å². The molecule has 19 heavy (non-hydrogen) atoms. The number of aliphatic carboxylic acids is 1. The van der Waals surface area contributed by atoms with Crippen LogP contribution < -0.4 is 5.32 Å². The van der Waals surface area contributed by atoms with E-state index < -0.39 is 5.97 Å². The average molecular weight is 269 g/mol. The van der Waals surface area contributed by atoms with E-state index in [0.717, 1.165) is 25.7 Å². The average Bonchev–Trinajstić information content (AvgIpc) is 2.70. The summed E-state index contributed by atoms with van der Waals surface area (Å²) in [6.45, 7) is 6.78. The van der Waals surface area contributed by atoms with E-state index in [9.17, 15) is 9.59 Å². The van der Waals surface area contributed by atoms with E-state index in [2.05, 4.69) is 26.1 Å². The maximum Gasteiger partial charge on any atom is 0.303 e. The minimum Gasteiger partial charge on any atom is -0.481 e. The lowest BCUT2D eigenvalue weighted by Crippen LogP contribution is -2.36. The lowest BCUT2D eigenvalue weighted by molar-refractivity contribution is -0.138. The maximum absolute atomic E-state index is 12.1. The Morgan fingerprint density at radius 3 is 2.47 bits per heavy atom. The van der Waals surface area contributed by atoms with Crippen molar-refractivity contribution in [3.63, 3.8) is 0 Å². The number of rotatable bonds is 7. The molecule has 0 bridgehead atoms. The first-order chi connectivity index (χ1) is 8.90. The second-order valence-electron chi connectivity index (χ2n) is 6.35. The summed E-state index contributed by atoms with van der Waals surface area (Å²) in [5.74, 6) is 0.413. The molecule has 3 atom stereocenters. The Kier molecular flexibility index (Phi) is 6.32. The van der Waals surface area contributed by atoms with Crippen molar-refractivity contribution in [2.24, 2.45) is 23.7 Å². The SMILES string of the molecule is CC(C)C[C@H](CNC(=O)C1CCCC1C)CC(=O)O. The minimum atomic E-state index is -0.783. The zero-order valence-corrected chi connectivity index (χ0v) is 12.3. The second kappa shape index (κ2) is 7.51. The summed E-state index contributed by atoms with van der Waals surface area (Å²) >= 11 is 0. The van der Waals surface area contributed by atoms with Crippen molar-refractivity contribution in [2.75, 3.05) is 6.54 Å². The van der Waals surface area contributed by atoms with Gasteiger partial charge < -0.3 is 10.4 Å². The number of carbonyl (C=O) groups is 2. The summed E-state index contributed by atoms with van der Waals surface area (Å²) in [5, 5.41) is 11.9. The van der Waals surface area contributed by atoms with E-state index in [1.54, 1.807) is 0 Å². The van der Waals surface area contributed by atoms with Crippen molar-refractivity contribution >= 4 is 11.9 Å². The first-order valence-electron chi connectivity index (χ1n) is 7.39. The molecule has 0 aliphatic heterocycles. The third kappa shape index (κ3) is 5.62. The van der Waals surface area contributed by atoms with Gasteiger partial charge in [0.25, 0.3) is 0 Å². The second-order valence-corrected chi connectivity index (χ2v) is 6.35. The minimum absolute atomic E-state index is 0.0400. The maximum atomic E-state index is 12.1. The van der Waals surface area contributed by atoms with Crippen molar-refractivity contribution in [3.05, 3.63) is 0 Å². The fourth-order valence-corrected chi connectivity index (χ4v) is 3.06. The van der Waals surface area contributed by atoms with E-state index in [4.69, 9.17) is 5.11 Å². The molecule has 0 aromatic carbocycles. The Labute approximate surface area is 116 Å². The predicted octanol–water partition coefficient (Wildman–Crippen LogP) is 2.68. The molecule has 0 saturated heterocycles. The van der Waals surface area contributed by atoms with Crippen molar-refractivity contribution in [1.29, 1.82) is 0 Å². The van der Waals surface area contributed by atoms with Gasteiger partial charge in [-0.3, -0.25) is 9.59 Å². The highest BCUT2D eigenvalue weighted by molar-refractivity contribution is 5.79. The molecule has 0 spiro atoms. The van der Waals surface area contributed by atoms with E-state index in [1.807, 2.05) is 0 Å². The predicted molar refractivity (Wildman–Crippen MR) is 74.7 cm³/mol. The standard InChI is InChI=1S/C15H27NO3/c1-10(2)7-12(8-14(17)18)9-16-15(19)13-6-4-5-11(13)3/h10-13H,4-9H2,1-3H3,(H,16,19)(H,17,18)/t11?,12-,13?/m0/s1. The van der Waals surface area contributed by atoms with Crippen molar-refractivity contribution in [1.82, 2.24) is 5.32 Å². The number of carbonyl (C=O) groups excluding carboxylic acids is 1. The quantitative estimate of drug-likeness (QED) is 0.746. The highest BCUT2D eigenvalue weighted by Gasteiger charge is 2.29. The van der Waals surface area contributed by atoms with Crippen LogP contribution in [-0.4, -0.2) is 23.5 Å². The van der Waals surface area contributed by atoms with Crippen LogP contribution >= 0.6 is 0 Å². The van der Waals surface area contributed by atoms with Crippen LogP contribution in [0.25, 0.3) is 0 Å². The number of carboxylic acids is 1. The summed E-state index contributed by atoms with van der Waals surface area (Å²) in [7, 11) is 0. The Bertz CT molecular complexity index is 315. The fourth-order valence-electron chi connectivity index (χ4n) is 3.06. The molecule has 4 nitrogen and oxygen atoms in total. The van der Waals surface area contributed by atoms with Crippen molar-refractivity contribution in [2.45, 2.75) is 52.9 Å². The summed E-state index contributed by atoms with van der Waals surface area (Å²) in [4.78, 5) is 22.9. The highest BCUT2D eigenvalue weighted by Crippen LogP contribution is 2.31. The molecule has 1 saturated carbocycles. The van der Waals surface area contributed by atoms with Crippen LogP contribution in [0.2, 0.25) is 0 Å². The Balaban J connectivity index is 2.41. The normalized spacial score (nSPS) is 24.4. The van der Waals surface area contributed by atoms with Gasteiger partial charge in [0.15, 0.2) is 0 Å². The number of amides is 1. The molecule has 110 valence electrons. The molecule has 0 aromatic heterocycles. The van der Waals surface area contributed by atoms with Gasteiger partial charge in [-0.25, -0.2) is 0 Å². The van der Waals surface area contributed by atoms with Crippen molar-refractivity contribution < 1.29 is 14.7 Å². The zero-order chi connectivity index (χ0) is 14.4. The number of carboxylic acid groups (broad SMARTS) is 1. The number of hydrogen-bond acceptors (Lipinski definition) is 2. The van der Waals surface area contributed by atoms with Gasteiger partial charge in [-0.2, -0.15) is 0 Å². The molecule has 1 fully saturated rings. The van der Waals surface area contributed by atoms with Crippen LogP contribution in [0.15, 0.2) is 0 Å². The molecule has 1 aliphatic carbocycles. The van der Waals surface area contributed by atoms with Crippen LogP contribution in [0, 0.1) is 23.7 Å². The lowest BCUT2D eigenvalue weighted by Gasteiger charge is -2.20. The van der Waals surface area contributed by atoms with E-state index in [-0.39, 0.29) is 24.2 Å². The lowest BCUT2D eigenvalue weighted by atomic mass is 9.93. The van der Waals surface area contributed by atoms with Crippen LogP contribution in [0.3, 0.4) is 0 Å². The van der Waals surface area contributed by atoms with Crippen LogP contribution in [0.4, 0.5) is 0 Å². The van der Waals surface area contributed by atoms with E-state index >= 15 is 0 Å². The molecule has 2 N–H and O–H groups in total. The van der Waals surface area contributed by atoms with Gasteiger partial charge in [0.05, 0.1) is 0 Å². The van der Waals surface area contributed by atoms with Gasteiger partial charge in [0.2, 0.25) is 5.91 Å². The van der Waals surface area contributed by atoms with Gasteiger partial charge in [-0.1, -0.05) is 27.2 Å². The van der Waals surface area contributed by atoms with Gasteiger partial charge in [-0.05, 0) is 37.0 Å². The van der Waals surface area contributed by atoms with Gasteiger partial charge in [-0.15, -0.1) is 0 Å². The summed E-state index contributed by atoms with van der Waals surface area (Å²) in [6, 6.07) is 0. The molecule has 0 radical (unpaired) electrons. The molecule has 4 heteroatoms. The van der Waals surface area contributed by atoms with E-state index in [0.29, 0.717) is 18.4 Å². The number of nitrogens with one attached hydrogen (secondary N) is 1. The summed E-state index contributed by atoms with van der Waals surface area (Å²) < 4.78 is 0. The highest BCUT2D eigenvalue weighted by atomic mass is 16.4. The molecule has 1 amide bonds. The zero-order valence-electron chi connectivity index (χ0n) is 12.3. The third-order valence-electron chi connectivity index (χ3n) is 4.03. The van der Waals surface area contributed by atoms with Crippen molar-refractivity contribution in [3.8, 4) is 0 Å². The molecule has 1 aliphatic rings. The smallest absolute Gasteiger partial charge is 0.303 e. The molecular weight excluding hydrogens is 242 g/mol. The fraction of sp³-hybridized carbons (Fsp3) is 0.867. The molecule has 0 heterocycles. The Morgan fingerprint density at radius 2 is 2.00 bits per heavy atom. The van der Waals surface area contributed by atoms with Gasteiger partial charge in [0.1, 0.15) is 0 Å².